The highest BCUT2D eigenvalue weighted by Gasteiger charge is 2.18. The van der Waals surface area contributed by atoms with Gasteiger partial charge in [-0.2, -0.15) is 0 Å². The second kappa shape index (κ2) is 14.4. The zero-order chi connectivity index (χ0) is 21.9. The lowest BCUT2D eigenvalue weighted by Gasteiger charge is -2.24. The molecule has 0 fully saturated rings. The number of nitrogens with zero attached hydrogens (tertiary/aromatic N) is 1. The first-order chi connectivity index (χ1) is 13.7. The van der Waals surface area contributed by atoms with E-state index >= 15 is 0 Å². The SMILES string of the molecule is CCCCC(CNC(=O)OC(C)(C)C)NC(=NC)NCc1ccc(F)c(CO)c1.I. The normalized spacial score (nSPS) is 12.6. The van der Waals surface area contributed by atoms with Crippen LogP contribution in [-0.4, -0.2) is 42.4 Å². The van der Waals surface area contributed by atoms with Crippen molar-refractivity contribution in [2.75, 3.05) is 13.6 Å². The molecule has 0 radical (unpaired) electrons. The third-order valence-electron chi connectivity index (χ3n) is 4.10. The molecule has 1 aromatic carbocycles. The zero-order valence-electron chi connectivity index (χ0n) is 18.5. The molecule has 0 bridgehead atoms. The Bertz CT molecular complexity index is 681. The highest BCUT2D eigenvalue weighted by atomic mass is 127. The van der Waals surface area contributed by atoms with Crippen molar-refractivity contribution in [2.45, 2.75) is 71.8 Å². The summed E-state index contributed by atoms with van der Waals surface area (Å²) in [7, 11) is 1.66. The number of hydrogen-bond acceptors (Lipinski definition) is 4. The van der Waals surface area contributed by atoms with E-state index < -0.39 is 17.5 Å². The molecule has 0 saturated carbocycles. The molecule has 1 amide bonds. The standard InChI is InChI=1S/C21H35FN4O3.HI/c1-6-7-8-17(13-25-20(28)29-21(2,3)4)26-19(23-5)24-12-15-9-10-18(22)16(11-15)14-27;/h9-11,17,27H,6-8,12-14H2,1-5H3,(H,25,28)(H2,23,24,26);1H. The van der Waals surface area contributed by atoms with Gasteiger partial charge in [0, 0.05) is 31.7 Å². The summed E-state index contributed by atoms with van der Waals surface area (Å²) in [6.45, 7) is 8.06. The van der Waals surface area contributed by atoms with Gasteiger partial charge in [-0.15, -0.1) is 24.0 Å². The van der Waals surface area contributed by atoms with Gasteiger partial charge in [0.05, 0.1) is 6.61 Å². The fraction of sp³-hybridized carbons (Fsp3) is 0.619. The summed E-state index contributed by atoms with van der Waals surface area (Å²) in [5.74, 6) is 0.151. The van der Waals surface area contributed by atoms with E-state index in [1.165, 1.54) is 6.07 Å². The Hall–Kier alpha value is -1.62. The molecule has 0 aliphatic heterocycles. The van der Waals surface area contributed by atoms with Crippen molar-refractivity contribution in [3.05, 3.63) is 35.1 Å². The Labute approximate surface area is 196 Å². The lowest BCUT2D eigenvalue weighted by atomic mass is 10.1. The van der Waals surface area contributed by atoms with Gasteiger partial charge in [-0.25, -0.2) is 9.18 Å². The fourth-order valence-electron chi connectivity index (χ4n) is 2.63. The van der Waals surface area contributed by atoms with Crippen molar-refractivity contribution in [2.24, 2.45) is 4.99 Å². The highest BCUT2D eigenvalue weighted by Crippen LogP contribution is 2.10. The minimum atomic E-state index is -0.545. The maximum Gasteiger partial charge on any atom is 0.407 e. The molecule has 1 aromatic rings. The Balaban J connectivity index is 0.00000841. The molecular weight excluding hydrogens is 502 g/mol. The molecule has 30 heavy (non-hydrogen) atoms. The van der Waals surface area contributed by atoms with Gasteiger partial charge in [0.25, 0.3) is 0 Å². The molecular formula is C21H36FIN4O3. The number of guanidine groups is 1. The van der Waals surface area contributed by atoms with E-state index in [-0.39, 0.29) is 42.2 Å². The van der Waals surface area contributed by atoms with Crippen molar-refractivity contribution in [1.29, 1.82) is 0 Å². The molecule has 9 heteroatoms. The lowest BCUT2D eigenvalue weighted by Crippen LogP contribution is -2.48. The van der Waals surface area contributed by atoms with Crippen LogP contribution in [0.1, 0.15) is 58.1 Å². The Morgan fingerprint density at radius 3 is 2.57 bits per heavy atom. The van der Waals surface area contributed by atoms with E-state index in [1.807, 2.05) is 20.8 Å². The van der Waals surface area contributed by atoms with Gasteiger partial charge in [0.15, 0.2) is 5.96 Å². The number of unbranched alkanes of at least 4 members (excludes halogenated alkanes) is 1. The van der Waals surface area contributed by atoms with Gasteiger partial charge in [-0.05, 0) is 44.9 Å². The molecule has 0 spiro atoms. The molecule has 0 heterocycles. The first-order valence-electron chi connectivity index (χ1n) is 10.0. The van der Waals surface area contributed by atoms with Crippen LogP contribution < -0.4 is 16.0 Å². The van der Waals surface area contributed by atoms with Gasteiger partial charge in [-0.1, -0.05) is 25.8 Å². The fourth-order valence-corrected chi connectivity index (χ4v) is 2.63. The number of aliphatic imine (C=N–C) groups is 1. The van der Waals surface area contributed by atoms with E-state index in [1.54, 1.807) is 19.2 Å². The van der Waals surface area contributed by atoms with Crippen LogP contribution in [0, 0.1) is 5.82 Å². The smallest absolute Gasteiger partial charge is 0.407 e. The molecule has 1 unspecified atom stereocenters. The molecule has 0 saturated heterocycles. The van der Waals surface area contributed by atoms with Crippen LogP contribution in [0.15, 0.2) is 23.2 Å². The van der Waals surface area contributed by atoms with Crippen LogP contribution in [0.3, 0.4) is 0 Å². The number of hydrogen-bond donors (Lipinski definition) is 4. The second-order valence-electron chi connectivity index (χ2n) is 7.88. The Morgan fingerprint density at radius 2 is 2.00 bits per heavy atom. The summed E-state index contributed by atoms with van der Waals surface area (Å²) in [6, 6.07) is 4.60. The Kier molecular flexibility index (Phi) is 13.6. The zero-order valence-corrected chi connectivity index (χ0v) is 20.9. The average molecular weight is 538 g/mol. The third-order valence-corrected chi connectivity index (χ3v) is 4.10. The molecule has 7 nitrogen and oxygen atoms in total. The molecule has 172 valence electrons. The van der Waals surface area contributed by atoms with Crippen LogP contribution in [-0.2, 0) is 17.9 Å². The highest BCUT2D eigenvalue weighted by molar-refractivity contribution is 14.0. The number of aliphatic hydroxyl groups is 1. The number of aliphatic hydroxyl groups excluding tert-OH is 1. The number of carbonyl (C=O) groups is 1. The number of halogens is 2. The molecule has 1 rings (SSSR count). The first kappa shape index (κ1) is 28.4. The van der Waals surface area contributed by atoms with Crippen molar-refractivity contribution < 1.29 is 19.0 Å². The molecule has 0 aliphatic rings. The van der Waals surface area contributed by atoms with Crippen molar-refractivity contribution >= 4 is 36.0 Å². The lowest BCUT2D eigenvalue weighted by molar-refractivity contribution is 0.0522. The predicted octanol–water partition coefficient (Wildman–Crippen LogP) is 3.68. The van der Waals surface area contributed by atoms with Crippen LogP contribution in [0.2, 0.25) is 0 Å². The average Bonchev–Trinajstić information content (AvgIpc) is 2.66. The van der Waals surface area contributed by atoms with E-state index in [9.17, 15) is 14.3 Å². The van der Waals surface area contributed by atoms with E-state index in [2.05, 4.69) is 27.9 Å². The maximum absolute atomic E-state index is 13.5. The predicted molar refractivity (Wildman–Crippen MR) is 129 cm³/mol. The van der Waals surface area contributed by atoms with Crippen LogP contribution in [0.5, 0.6) is 0 Å². The number of amides is 1. The topological polar surface area (TPSA) is 95.0 Å². The third kappa shape index (κ3) is 11.5. The maximum atomic E-state index is 13.5. The summed E-state index contributed by atoms with van der Waals surface area (Å²) in [5, 5.41) is 18.5. The number of ether oxygens (including phenoxy) is 1. The number of alkyl carbamates (subject to hydrolysis) is 1. The van der Waals surface area contributed by atoms with Crippen LogP contribution >= 0.6 is 24.0 Å². The van der Waals surface area contributed by atoms with Gasteiger partial charge in [0.2, 0.25) is 0 Å². The summed E-state index contributed by atoms with van der Waals surface area (Å²) < 4.78 is 18.8. The number of nitrogens with one attached hydrogen (secondary N) is 3. The Morgan fingerprint density at radius 1 is 1.30 bits per heavy atom. The number of rotatable bonds is 9. The van der Waals surface area contributed by atoms with Gasteiger partial charge >= 0.3 is 6.09 Å². The van der Waals surface area contributed by atoms with Crippen LogP contribution in [0.25, 0.3) is 0 Å². The van der Waals surface area contributed by atoms with Crippen molar-refractivity contribution in [3.8, 4) is 0 Å². The van der Waals surface area contributed by atoms with Crippen LogP contribution in [0.4, 0.5) is 9.18 Å². The second-order valence-corrected chi connectivity index (χ2v) is 7.88. The molecule has 1 atom stereocenters. The quantitative estimate of drug-likeness (QED) is 0.219. The first-order valence-corrected chi connectivity index (χ1v) is 10.0. The minimum absolute atomic E-state index is 0. The summed E-state index contributed by atoms with van der Waals surface area (Å²) in [6.07, 6.45) is 2.45. The molecule has 4 N–H and O–H groups in total. The van der Waals surface area contributed by atoms with Crippen molar-refractivity contribution in [3.63, 3.8) is 0 Å². The largest absolute Gasteiger partial charge is 0.444 e. The van der Waals surface area contributed by atoms with E-state index in [0.717, 1.165) is 24.8 Å². The van der Waals surface area contributed by atoms with Crippen molar-refractivity contribution in [1.82, 2.24) is 16.0 Å². The summed E-state index contributed by atoms with van der Waals surface area (Å²) in [4.78, 5) is 16.2. The summed E-state index contributed by atoms with van der Waals surface area (Å²) >= 11 is 0. The van der Waals surface area contributed by atoms with Gasteiger partial charge in [0.1, 0.15) is 11.4 Å². The number of carbonyl (C=O) groups excluding carboxylic acids is 1. The number of benzene rings is 1. The van der Waals surface area contributed by atoms with Gasteiger partial charge < -0.3 is 25.8 Å². The molecule has 0 aromatic heterocycles. The monoisotopic (exact) mass is 538 g/mol. The van der Waals surface area contributed by atoms with E-state index in [0.29, 0.717) is 19.0 Å². The summed E-state index contributed by atoms with van der Waals surface area (Å²) in [5.41, 5.74) is 0.543. The van der Waals surface area contributed by atoms with E-state index in [4.69, 9.17) is 4.74 Å². The molecule has 0 aliphatic carbocycles. The minimum Gasteiger partial charge on any atom is -0.444 e. The van der Waals surface area contributed by atoms with Gasteiger partial charge in [-0.3, -0.25) is 4.99 Å².